The Morgan fingerprint density at radius 2 is 2.08 bits per heavy atom. The van der Waals surface area contributed by atoms with Gasteiger partial charge in [0.1, 0.15) is 9.98 Å². The number of rotatable bonds is 0. The van der Waals surface area contributed by atoms with Gasteiger partial charge in [-0.15, -0.1) is 11.3 Å². The molecule has 0 aliphatic carbocycles. The molecule has 0 saturated heterocycles. The van der Waals surface area contributed by atoms with E-state index in [9.17, 15) is 0 Å². The quantitative estimate of drug-likeness (QED) is 0.543. The zero-order valence-electron chi connectivity index (χ0n) is 5.51. The fraction of sp³-hybridized carbons (Fsp3) is 0. The van der Waals surface area contributed by atoms with Crippen molar-refractivity contribution >= 4 is 60.7 Å². The Morgan fingerprint density at radius 1 is 1.33 bits per heavy atom. The van der Waals surface area contributed by atoms with Crippen LogP contribution >= 0.6 is 50.5 Å². The molecule has 2 nitrogen and oxygen atoms in total. The first-order valence-corrected chi connectivity index (χ1v) is 5.37. The highest BCUT2D eigenvalue weighted by Crippen LogP contribution is 2.33. The average Bonchev–Trinajstić information content (AvgIpc) is 2.31. The first-order valence-electron chi connectivity index (χ1n) is 2.94. The van der Waals surface area contributed by atoms with Gasteiger partial charge in [0, 0.05) is 9.85 Å². The topological polar surface area (TPSA) is 25.8 Å². The lowest BCUT2D eigenvalue weighted by molar-refractivity contribution is 1.23. The fourth-order valence-corrected chi connectivity index (χ4v) is 3.13. The molecule has 0 radical (unpaired) electrons. The van der Waals surface area contributed by atoms with E-state index < -0.39 is 0 Å². The summed E-state index contributed by atoms with van der Waals surface area (Å²) in [6, 6.07) is 0. The number of hydrogen-bond acceptors (Lipinski definition) is 3. The molecule has 0 bridgehead atoms. The van der Waals surface area contributed by atoms with Gasteiger partial charge in [-0.05, 0) is 27.5 Å². The Morgan fingerprint density at radius 3 is 2.83 bits per heavy atom. The van der Waals surface area contributed by atoms with Gasteiger partial charge in [-0.2, -0.15) is 0 Å². The molecule has 12 heavy (non-hydrogen) atoms. The predicted molar refractivity (Wildman–Crippen MR) is 55.1 cm³/mol. The first kappa shape index (κ1) is 8.69. The van der Waals surface area contributed by atoms with Gasteiger partial charge >= 0.3 is 0 Å². The van der Waals surface area contributed by atoms with Crippen molar-refractivity contribution in [2.24, 2.45) is 0 Å². The molecule has 0 spiro atoms. The van der Waals surface area contributed by atoms with Crippen LogP contribution in [0.2, 0.25) is 10.4 Å². The van der Waals surface area contributed by atoms with Gasteiger partial charge < -0.3 is 0 Å². The van der Waals surface area contributed by atoms with Gasteiger partial charge in [0.15, 0.2) is 0 Å². The predicted octanol–water partition coefficient (Wildman–Crippen LogP) is 3.76. The minimum absolute atomic E-state index is 0.182. The molecule has 0 aliphatic rings. The number of halogens is 3. The van der Waals surface area contributed by atoms with Crippen LogP contribution in [0.15, 0.2) is 9.85 Å². The maximum atomic E-state index is 5.85. The zero-order valence-corrected chi connectivity index (χ0v) is 9.43. The van der Waals surface area contributed by atoms with E-state index in [1.165, 1.54) is 11.3 Å². The molecule has 6 heteroatoms. The second-order valence-corrected chi connectivity index (χ2v) is 4.46. The van der Waals surface area contributed by atoms with E-state index in [4.69, 9.17) is 23.2 Å². The van der Waals surface area contributed by atoms with Crippen LogP contribution in [-0.4, -0.2) is 9.97 Å². The van der Waals surface area contributed by atoms with E-state index in [1.54, 1.807) is 0 Å². The highest BCUT2D eigenvalue weighted by Gasteiger charge is 2.09. The molecule has 0 atom stereocenters. The largest absolute Gasteiger partial charge is 0.225 e. The number of fused-ring (bicyclic) bond motifs is 1. The van der Waals surface area contributed by atoms with E-state index in [2.05, 4.69) is 25.9 Å². The molecule has 0 fully saturated rings. The molecule has 0 aromatic carbocycles. The Balaban J connectivity index is 2.93. The summed E-state index contributed by atoms with van der Waals surface area (Å²) in [5.74, 6) is 0. The molecule has 0 saturated carbocycles. The third-order valence-electron chi connectivity index (χ3n) is 1.32. The Kier molecular flexibility index (Phi) is 2.25. The van der Waals surface area contributed by atoms with Gasteiger partial charge in [-0.25, -0.2) is 9.97 Å². The lowest BCUT2D eigenvalue weighted by atomic mass is 10.4. The van der Waals surface area contributed by atoms with Crippen LogP contribution in [0.4, 0.5) is 0 Å². The highest BCUT2D eigenvalue weighted by molar-refractivity contribution is 9.10. The smallest absolute Gasteiger partial charge is 0.207 e. The fourth-order valence-electron chi connectivity index (χ4n) is 0.842. The first-order chi connectivity index (χ1) is 5.68. The van der Waals surface area contributed by atoms with E-state index in [-0.39, 0.29) is 5.28 Å². The van der Waals surface area contributed by atoms with E-state index in [1.807, 2.05) is 5.38 Å². The third-order valence-corrected chi connectivity index (χ3v) is 3.56. The summed E-state index contributed by atoms with van der Waals surface area (Å²) in [7, 11) is 0. The monoisotopic (exact) mass is 282 g/mol. The molecular formula is C6HBrCl2N2S. The summed E-state index contributed by atoms with van der Waals surface area (Å²) in [4.78, 5) is 8.64. The van der Waals surface area contributed by atoms with E-state index in [0.29, 0.717) is 5.15 Å². The summed E-state index contributed by atoms with van der Waals surface area (Å²) < 4.78 is 0.907. The lowest BCUT2D eigenvalue weighted by Gasteiger charge is -1.93. The van der Waals surface area contributed by atoms with Crippen molar-refractivity contribution in [2.75, 3.05) is 0 Å². The minimum Gasteiger partial charge on any atom is -0.207 e. The third kappa shape index (κ3) is 1.33. The van der Waals surface area contributed by atoms with Gasteiger partial charge in [0.25, 0.3) is 0 Å². The van der Waals surface area contributed by atoms with Gasteiger partial charge in [-0.1, -0.05) is 11.6 Å². The Bertz CT molecular complexity index is 442. The molecule has 0 aliphatic heterocycles. The molecule has 2 aromatic heterocycles. The second-order valence-electron chi connectivity index (χ2n) is 2.05. The van der Waals surface area contributed by atoms with Gasteiger partial charge in [-0.3, -0.25) is 0 Å². The van der Waals surface area contributed by atoms with Gasteiger partial charge in [0.05, 0.1) is 5.39 Å². The van der Waals surface area contributed by atoms with Crippen molar-refractivity contribution < 1.29 is 0 Å². The summed E-state index contributed by atoms with van der Waals surface area (Å²) in [6.45, 7) is 0. The number of thiophene rings is 1. The maximum Gasteiger partial charge on any atom is 0.225 e. The standard InChI is InChI=1S/C6HBrCl2N2S/c7-2-1-12-5-3(2)4(8)10-6(9)11-5/h1H. The summed E-state index contributed by atoms with van der Waals surface area (Å²) >= 11 is 16.3. The molecule has 62 valence electrons. The Labute approximate surface area is 90.7 Å². The molecule has 0 amide bonds. The van der Waals surface area contributed by atoms with Crippen LogP contribution in [-0.2, 0) is 0 Å². The van der Waals surface area contributed by atoms with Crippen molar-refractivity contribution in [3.63, 3.8) is 0 Å². The summed E-state index contributed by atoms with van der Waals surface area (Å²) in [6.07, 6.45) is 0. The normalized spacial score (nSPS) is 10.9. The SMILES string of the molecule is Clc1nc(Cl)c2c(Br)csc2n1. The minimum atomic E-state index is 0.182. The summed E-state index contributed by atoms with van der Waals surface area (Å²) in [5.41, 5.74) is 0. The number of nitrogens with zero attached hydrogens (tertiary/aromatic N) is 2. The van der Waals surface area contributed by atoms with E-state index in [0.717, 1.165) is 14.7 Å². The van der Waals surface area contributed by atoms with Crippen molar-refractivity contribution in [3.8, 4) is 0 Å². The van der Waals surface area contributed by atoms with Crippen molar-refractivity contribution in [1.82, 2.24) is 9.97 Å². The molecule has 2 aromatic rings. The molecule has 2 heterocycles. The van der Waals surface area contributed by atoms with Crippen LogP contribution in [0.1, 0.15) is 0 Å². The second kappa shape index (κ2) is 3.10. The van der Waals surface area contributed by atoms with Crippen LogP contribution < -0.4 is 0 Å². The molecular weight excluding hydrogens is 283 g/mol. The molecule has 0 unspecified atom stereocenters. The lowest BCUT2D eigenvalue weighted by Crippen LogP contribution is -1.82. The van der Waals surface area contributed by atoms with Crippen molar-refractivity contribution in [2.45, 2.75) is 0 Å². The van der Waals surface area contributed by atoms with E-state index >= 15 is 0 Å². The Hall–Kier alpha value is 0.1000. The summed E-state index contributed by atoms with van der Waals surface area (Å²) in [5, 5.41) is 3.30. The van der Waals surface area contributed by atoms with Crippen LogP contribution in [0, 0.1) is 0 Å². The van der Waals surface area contributed by atoms with Crippen LogP contribution in [0.5, 0.6) is 0 Å². The molecule has 0 N–H and O–H groups in total. The molecule has 2 rings (SSSR count). The highest BCUT2D eigenvalue weighted by atomic mass is 79.9. The van der Waals surface area contributed by atoms with Gasteiger partial charge in [0.2, 0.25) is 5.28 Å². The van der Waals surface area contributed by atoms with Crippen molar-refractivity contribution in [3.05, 3.63) is 20.3 Å². The average molecular weight is 284 g/mol. The van der Waals surface area contributed by atoms with Crippen LogP contribution in [0.25, 0.3) is 10.2 Å². The maximum absolute atomic E-state index is 5.85. The van der Waals surface area contributed by atoms with Crippen molar-refractivity contribution in [1.29, 1.82) is 0 Å². The zero-order chi connectivity index (χ0) is 8.72. The number of hydrogen-bond donors (Lipinski definition) is 0. The van der Waals surface area contributed by atoms with Crippen LogP contribution in [0.3, 0.4) is 0 Å². The number of aromatic nitrogens is 2.